The average molecular weight is 1010 g/mol. The highest BCUT2D eigenvalue weighted by Gasteiger charge is 2.60. The SMILES string of the molecule is CCNC(=O)c1ccccc1[C@H]1N2C(=O)CCC(=O)N2[C@H](c2ccccc2C(=O)NCC)P1c1ccccc1P1[C@@H](c2ccccc2C(=O)NCC)N2C(=O)CCC(=O)N2[C@@H]1c1ccccc1C(=O)NCC. The third-order valence-corrected chi connectivity index (χ3v) is 19.5. The fourth-order valence-electron chi connectivity index (χ4n) is 10.4. The van der Waals surface area contributed by atoms with Crippen LogP contribution < -0.4 is 31.9 Å². The number of carbonyl (C=O) groups is 8. The second-order valence-corrected chi connectivity index (χ2v) is 22.1. The topological polar surface area (TPSA) is 198 Å². The van der Waals surface area contributed by atoms with Gasteiger partial charge in [0.05, 0.1) is 0 Å². The van der Waals surface area contributed by atoms with Gasteiger partial charge in [-0.3, -0.25) is 38.4 Å². The first-order valence-electron chi connectivity index (χ1n) is 24.4. The molecule has 9 rings (SSSR count). The number of benzene rings is 5. The van der Waals surface area contributed by atoms with Crippen LogP contribution in [0.3, 0.4) is 0 Å². The molecule has 18 heteroatoms. The zero-order valence-corrected chi connectivity index (χ0v) is 42.3. The Bertz CT molecular complexity index is 2630. The first-order valence-corrected chi connectivity index (χ1v) is 27.3. The van der Waals surface area contributed by atoms with Crippen molar-refractivity contribution in [3.8, 4) is 0 Å². The fourth-order valence-corrected chi connectivity index (χ4v) is 17.9. The van der Waals surface area contributed by atoms with Crippen molar-refractivity contribution in [3.05, 3.63) is 166 Å². The van der Waals surface area contributed by atoms with Gasteiger partial charge in [-0.05, 0) is 101 Å². The zero-order chi connectivity index (χ0) is 50.8. The van der Waals surface area contributed by atoms with Crippen LogP contribution in [0.4, 0.5) is 0 Å². The summed E-state index contributed by atoms with van der Waals surface area (Å²) in [4.78, 5) is 116. The van der Waals surface area contributed by atoms with Gasteiger partial charge in [0.15, 0.2) is 0 Å². The Hall–Kier alpha value is -7.28. The van der Waals surface area contributed by atoms with E-state index in [0.29, 0.717) is 81.3 Å². The van der Waals surface area contributed by atoms with Crippen molar-refractivity contribution in [2.45, 2.75) is 76.5 Å². The van der Waals surface area contributed by atoms with Gasteiger partial charge in [-0.1, -0.05) is 97.1 Å². The molecule has 4 aliphatic heterocycles. The Morgan fingerprint density at radius 3 is 0.806 bits per heavy atom. The molecule has 5 aromatic rings. The van der Waals surface area contributed by atoms with Crippen molar-refractivity contribution >= 4 is 73.7 Å². The van der Waals surface area contributed by atoms with Crippen LogP contribution in [-0.4, -0.2) is 93.5 Å². The minimum atomic E-state index is -2.03. The summed E-state index contributed by atoms with van der Waals surface area (Å²) < 4.78 is 0. The van der Waals surface area contributed by atoms with E-state index in [4.69, 9.17) is 0 Å². The van der Waals surface area contributed by atoms with Crippen molar-refractivity contribution in [3.63, 3.8) is 0 Å². The highest BCUT2D eigenvalue weighted by atomic mass is 31.1. The Kier molecular flexibility index (Phi) is 14.6. The third kappa shape index (κ3) is 8.70. The van der Waals surface area contributed by atoms with Gasteiger partial charge >= 0.3 is 0 Å². The van der Waals surface area contributed by atoms with E-state index < -0.39 is 39.0 Å². The molecule has 4 heterocycles. The molecule has 0 unspecified atom stereocenters. The molecule has 0 saturated carbocycles. The van der Waals surface area contributed by atoms with Crippen LogP contribution in [0.2, 0.25) is 0 Å². The molecule has 4 N–H and O–H groups in total. The number of nitrogens with zero attached hydrogens (tertiary/aromatic N) is 4. The quantitative estimate of drug-likeness (QED) is 0.0910. The number of carbonyl (C=O) groups excluding carboxylic acids is 8. The molecular weight excluding hydrogens is 951 g/mol. The van der Waals surface area contributed by atoms with E-state index in [2.05, 4.69) is 21.3 Å². The van der Waals surface area contributed by atoms with E-state index in [-0.39, 0.29) is 72.9 Å². The van der Waals surface area contributed by atoms with E-state index in [1.807, 2.05) is 52.0 Å². The van der Waals surface area contributed by atoms with Gasteiger partial charge in [0.1, 0.15) is 23.1 Å². The molecule has 8 amide bonds. The molecule has 4 aliphatic rings. The van der Waals surface area contributed by atoms with Gasteiger partial charge in [-0.2, -0.15) is 0 Å². The van der Waals surface area contributed by atoms with Crippen molar-refractivity contribution < 1.29 is 38.4 Å². The summed E-state index contributed by atoms with van der Waals surface area (Å²) in [6.45, 7) is 8.52. The van der Waals surface area contributed by atoms with E-state index in [0.717, 1.165) is 0 Å². The summed E-state index contributed by atoms with van der Waals surface area (Å²) in [7, 11) is -4.06. The monoisotopic (exact) mass is 1010 g/mol. The first kappa shape index (κ1) is 49.7. The van der Waals surface area contributed by atoms with Crippen molar-refractivity contribution in [1.29, 1.82) is 0 Å². The number of fused-ring (bicyclic) bond motifs is 2. The maximum Gasteiger partial charge on any atom is 0.251 e. The van der Waals surface area contributed by atoms with Gasteiger partial charge in [-0.25, -0.2) is 20.0 Å². The lowest BCUT2D eigenvalue weighted by atomic mass is 10.0. The molecular formula is C54H56N8O8P2. The van der Waals surface area contributed by atoms with Gasteiger partial charge in [0.2, 0.25) is 23.6 Å². The Morgan fingerprint density at radius 2 is 0.583 bits per heavy atom. The second-order valence-electron chi connectivity index (χ2n) is 17.5. The number of amides is 8. The predicted octanol–water partition coefficient (Wildman–Crippen LogP) is 6.45. The lowest BCUT2D eigenvalue weighted by Crippen LogP contribution is -2.50. The number of hydrogen-bond acceptors (Lipinski definition) is 8. The number of hydrazine groups is 2. The van der Waals surface area contributed by atoms with Gasteiger partial charge in [0, 0.05) is 74.1 Å². The second kappa shape index (κ2) is 21.2. The Balaban J connectivity index is 1.41. The van der Waals surface area contributed by atoms with Gasteiger partial charge in [-0.15, -0.1) is 0 Å². The molecule has 0 spiro atoms. The summed E-state index contributed by atoms with van der Waals surface area (Å²) in [5.41, 5.74) is 3.12. The number of hydrogen-bond donors (Lipinski definition) is 4. The van der Waals surface area contributed by atoms with Crippen LogP contribution in [0.5, 0.6) is 0 Å². The lowest BCUT2D eigenvalue weighted by molar-refractivity contribution is -0.171. The van der Waals surface area contributed by atoms with Crippen molar-refractivity contribution in [2.75, 3.05) is 26.2 Å². The maximum absolute atomic E-state index is 14.9. The highest BCUT2D eigenvalue weighted by Crippen LogP contribution is 2.74. The Morgan fingerprint density at radius 1 is 0.375 bits per heavy atom. The molecule has 4 atom stereocenters. The van der Waals surface area contributed by atoms with Crippen molar-refractivity contribution in [2.24, 2.45) is 0 Å². The van der Waals surface area contributed by atoms with E-state index in [9.17, 15) is 38.4 Å². The average Bonchev–Trinajstić information content (AvgIpc) is 3.95. The van der Waals surface area contributed by atoms with Crippen LogP contribution in [0, 0.1) is 0 Å². The number of nitrogens with one attached hydrogen (secondary N) is 4. The summed E-state index contributed by atoms with van der Waals surface area (Å²) in [5.74, 6) is -6.81. The minimum Gasteiger partial charge on any atom is -0.352 e. The largest absolute Gasteiger partial charge is 0.352 e. The first-order chi connectivity index (χ1) is 35.0. The van der Waals surface area contributed by atoms with Gasteiger partial charge < -0.3 is 21.3 Å². The normalized spacial score (nSPS) is 20.1. The van der Waals surface area contributed by atoms with Crippen molar-refractivity contribution in [1.82, 2.24) is 41.3 Å². The van der Waals surface area contributed by atoms with Crippen LogP contribution in [0.25, 0.3) is 0 Å². The summed E-state index contributed by atoms with van der Waals surface area (Å²) >= 11 is 0. The highest BCUT2D eigenvalue weighted by molar-refractivity contribution is 7.73. The molecule has 72 heavy (non-hydrogen) atoms. The van der Waals surface area contributed by atoms with Crippen LogP contribution in [0.15, 0.2) is 121 Å². The summed E-state index contributed by atoms with van der Waals surface area (Å²) in [6.07, 6.45) is -0.377. The van der Waals surface area contributed by atoms with E-state index >= 15 is 0 Å². The molecule has 0 aliphatic carbocycles. The summed E-state index contributed by atoms with van der Waals surface area (Å²) in [5, 5.41) is 19.1. The molecule has 4 fully saturated rings. The lowest BCUT2D eigenvalue weighted by Gasteiger charge is -2.38. The standard InChI is InChI=1S/C54H56N8O8P2/c1-5-55-47(67)33-19-9-13-23-37(33)51-59-43(63)29-30-44(64)60(59)52(38-24-14-10-20-34(38)48(68)56-6-2)71(51)41-27-17-18-28-42(41)72-53(39-25-15-11-21-35(39)49(69)57-7-3)61-45(65)31-32-46(66)62(61)54(72)40-26-16-12-22-36(40)50(70)58-8-4/h9-28,51-54H,5-8,29-32H2,1-4H3,(H,55,67)(H,56,68)(H,57,69)(H,58,70)/t51-,52-,53-,54-/m0/s1. The molecule has 370 valence electrons. The predicted molar refractivity (Wildman–Crippen MR) is 274 cm³/mol. The molecule has 4 saturated heterocycles. The maximum atomic E-state index is 14.9. The van der Waals surface area contributed by atoms with Crippen LogP contribution >= 0.6 is 15.8 Å². The third-order valence-electron chi connectivity index (χ3n) is 13.3. The Labute approximate surface area is 420 Å². The molecule has 0 aromatic heterocycles. The van der Waals surface area contributed by atoms with Crippen LogP contribution in [-0.2, 0) is 19.2 Å². The fraction of sp³-hybridized carbons (Fsp3) is 0.296. The zero-order valence-electron chi connectivity index (χ0n) is 40.5. The van der Waals surface area contributed by atoms with E-state index in [1.165, 1.54) is 20.0 Å². The molecule has 5 aromatic carbocycles. The minimum absolute atomic E-state index is 0.0944. The van der Waals surface area contributed by atoms with E-state index in [1.54, 1.807) is 97.1 Å². The van der Waals surface area contributed by atoms with Crippen LogP contribution in [0.1, 0.15) is 140 Å². The van der Waals surface area contributed by atoms with Gasteiger partial charge in [0.25, 0.3) is 23.6 Å². The molecule has 0 bridgehead atoms. The number of rotatable bonds is 14. The molecule has 16 nitrogen and oxygen atoms in total. The molecule has 0 radical (unpaired) electrons. The smallest absolute Gasteiger partial charge is 0.251 e. The summed E-state index contributed by atoms with van der Waals surface area (Å²) in [6, 6.07) is 35.8.